The van der Waals surface area contributed by atoms with Gasteiger partial charge in [0, 0.05) is 12.0 Å². The summed E-state index contributed by atoms with van der Waals surface area (Å²) < 4.78 is 32.6. The summed E-state index contributed by atoms with van der Waals surface area (Å²) in [5, 5.41) is 11.9. The number of nitrogens with zero attached hydrogens (tertiary/aromatic N) is 4. The number of methoxy groups -OCH3 is 1. The summed E-state index contributed by atoms with van der Waals surface area (Å²) in [6.07, 6.45) is 4.26. The number of para-hydroxylation sites is 1. The molecule has 1 aromatic carbocycles. The molecule has 1 aliphatic heterocycles. The topological polar surface area (TPSA) is 108 Å². The van der Waals surface area contributed by atoms with Gasteiger partial charge in [-0.25, -0.2) is 17.8 Å². The molecule has 162 valence electrons. The van der Waals surface area contributed by atoms with Gasteiger partial charge in [0.25, 0.3) is 5.91 Å². The third-order valence-electron chi connectivity index (χ3n) is 5.68. The van der Waals surface area contributed by atoms with Crippen molar-refractivity contribution < 1.29 is 17.9 Å². The Morgan fingerprint density at radius 3 is 2.58 bits per heavy atom. The molecule has 0 radical (unpaired) electrons. The van der Waals surface area contributed by atoms with Crippen molar-refractivity contribution >= 4 is 21.6 Å². The van der Waals surface area contributed by atoms with Crippen LogP contribution in [-0.4, -0.2) is 52.5 Å². The number of amides is 1. The minimum atomic E-state index is -3.08. The number of aromatic nitrogens is 4. The summed E-state index contributed by atoms with van der Waals surface area (Å²) >= 11 is 0. The fraction of sp³-hybridized carbons (Fsp3) is 0.381. The van der Waals surface area contributed by atoms with Crippen LogP contribution in [0.5, 0.6) is 5.75 Å². The third kappa shape index (κ3) is 3.95. The molecule has 1 N–H and O–H groups in total. The first kappa shape index (κ1) is 19.8. The Morgan fingerprint density at radius 2 is 1.94 bits per heavy atom. The molecular weight excluding hydrogens is 418 g/mol. The van der Waals surface area contributed by atoms with Gasteiger partial charge in [0.2, 0.25) is 0 Å². The Kier molecular flexibility index (Phi) is 4.81. The molecular formula is C21H23N5O4S. The zero-order valence-corrected chi connectivity index (χ0v) is 17.9. The quantitative estimate of drug-likeness (QED) is 0.630. The van der Waals surface area contributed by atoms with Crippen LogP contribution in [0.25, 0.3) is 5.69 Å². The molecule has 1 saturated carbocycles. The fourth-order valence-electron chi connectivity index (χ4n) is 3.89. The Bertz CT molecular complexity index is 1230. The van der Waals surface area contributed by atoms with E-state index in [-0.39, 0.29) is 23.2 Å². The van der Waals surface area contributed by atoms with Crippen LogP contribution in [0.1, 0.15) is 47.4 Å². The molecule has 2 aromatic heterocycles. The van der Waals surface area contributed by atoms with Gasteiger partial charge in [-0.15, -0.1) is 0 Å². The molecule has 9 nitrogen and oxygen atoms in total. The van der Waals surface area contributed by atoms with Gasteiger partial charge in [-0.3, -0.25) is 4.79 Å². The monoisotopic (exact) mass is 441 g/mol. The lowest BCUT2D eigenvalue weighted by atomic mass is 10.2. The zero-order valence-electron chi connectivity index (χ0n) is 17.1. The molecule has 2 fully saturated rings. The maximum absolute atomic E-state index is 13.1. The third-order valence-corrected chi connectivity index (χ3v) is 7.43. The van der Waals surface area contributed by atoms with Crippen LogP contribution in [0.4, 0.5) is 5.82 Å². The Hall–Kier alpha value is -3.14. The van der Waals surface area contributed by atoms with Crippen molar-refractivity contribution in [3.63, 3.8) is 0 Å². The van der Waals surface area contributed by atoms with Crippen molar-refractivity contribution in [2.45, 2.75) is 31.2 Å². The van der Waals surface area contributed by atoms with Crippen LogP contribution in [0, 0.1) is 0 Å². The maximum atomic E-state index is 13.1. The molecule has 2 aliphatic rings. The van der Waals surface area contributed by atoms with Gasteiger partial charge in [-0.2, -0.15) is 10.2 Å². The average Bonchev–Trinajstić information content (AvgIpc) is 3.22. The zero-order chi connectivity index (χ0) is 21.6. The first-order valence-electron chi connectivity index (χ1n) is 10.2. The normalized spacial score (nSPS) is 20.0. The van der Waals surface area contributed by atoms with Crippen molar-refractivity contribution in [2.24, 2.45) is 0 Å². The average molecular weight is 442 g/mol. The molecule has 1 amide bonds. The molecule has 3 aromatic rings. The van der Waals surface area contributed by atoms with Gasteiger partial charge < -0.3 is 10.1 Å². The van der Waals surface area contributed by atoms with E-state index in [9.17, 15) is 13.2 Å². The summed E-state index contributed by atoms with van der Waals surface area (Å²) in [7, 11) is -1.60. The number of hydrogen-bond acceptors (Lipinski definition) is 6. The summed E-state index contributed by atoms with van der Waals surface area (Å²) in [5.74, 6) is 0.952. The number of anilines is 1. The van der Waals surface area contributed by atoms with Gasteiger partial charge in [0.15, 0.2) is 21.3 Å². The van der Waals surface area contributed by atoms with Gasteiger partial charge >= 0.3 is 0 Å². The molecule has 3 heterocycles. The van der Waals surface area contributed by atoms with Gasteiger partial charge in [-0.05, 0) is 31.4 Å². The molecule has 0 bridgehead atoms. The van der Waals surface area contributed by atoms with Crippen LogP contribution in [-0.2, 0) is 9.84 Å². The highest BCUT2D eigenvalue weighted by atomic mass is 32.2. The van der Waals surface area contributed by atoms with Crippen molar-refractivity contribution in [3.8, 4) is 11.4 Å². The maximum Gasteiger partial charge on any atom is 0.281 e. The summed E-state index contributed by atoms with van der Waals surface area (Å²) in [6.45, 7) is 0. The number of rotatable bonds is 6. The van der Waals surface area contributed by atoms with E-state index >= 15 is 0 Å². The number of ether oxygens (including phenoxy) is 1. The van der Waals surface area contributed by atoms with Crippen molar-refractivity contribution in [1.82, 2.24) is 19.6 Å². The van der Waals surface area contributed by atoms with E-state index in [2.05, 4.69) is 15.5 Å². The highest BCUT2D eigenvalue weighted by Crippen LogP contribution is 2.41. The van der Waals surface area contributed by atoms with E-state index in [1.807, 2.05) is 36.4 Å². The van der Waals surface area contributed by atoms with Gasteiger partial charge in [0.1, 0.15) is 5.82 Å². The Balaban J connectivity index is 1.45. The highest BCUT2D eigenvalue weighted by molar-refractivity contribution is 7.91. The molecule has 1 atom stereocenters. The molecule has 10 heteroatoms. The van der Waals surface area contributed by atoms with E-state index in [1.165, 1.54) is 7.11 Å². The summed E-state index contributed by atoms with van der Waals surface area (Å²) in [4.78, 5) is 13.1. The van der Waals surface area contributed by atoms with Crippen molar-refractivity contribution in [1.29, 1.82) is 0 Å². The van der Waals surface area contributed by atoms with Crippen LogP contribution in [0.2, 0.25) is 0 Å². The molecule has 0 spiro atoms. The molecule has 31 heavy (non-hydrogen) atoms. The van der Waals surface area contributed by atoms with Gasteiger partial charge in [-0.1, -0.05) is 18.2 Å². The number of sulfone groups is 1. The summed E-state index contributed by atoms with van der Waals surface area (Å²) in [5.41, 5.74) is 1.84. The Morgan fingerprint density at radius 1 is 1.16 bits per heavy atom. The second-order valence-electron chi connectivity index (χ2n) is 8.01. The van der Waals surface area contributed by atoms with Gasteiger partial charge in [0.05, 0.1) is 42.2 Å². The largest absolute Gasteiger partial charge is 0.493 e. The minimum absolute atomic E-state index is 0.0353. The lowest BCUT2D eigenvalue weighted by Gasteiger charge is -2.13. The lowest BCUT2D eigenvalue weighted by Crippen LogP contribution is -2.20. The standard InChI is InChI=1S/C21H23N5O4S/c1-30-18-12-25(15-5-3-2-4-6-15)24-20(18)21(27)22-19-11-17(14-7-8-14)23-26(19)16-9-10-31(28,29)13-16/h2-6,11-12,14,16H,7-10,13H2,1H3,(H,22,27). The van der Waals surface area contributed by atoms with Crippen molar-refractivity contribution in [3.05, 3.63) is 54.0 Å². The molecule has 1 aliphatic carbocycles. The SMILES string of the molecule is COc1cn(-c2ccccc2)nc1C(=O)Nc1cc(C2CC2)nn1C1CCS(=O)(=O)C1. The summed E-state index contributed by atoms with van der Waals surface area (Å²) in [6, 6.07) is 11.0. The van der Waals surface area contributed by atoms with E-state index in [4.69, 9.17) is 4.74 Å². The van der Waals surface area contributed by atoms with E-state index in [0.29, 0.717) is 23.9 Å². The number of nitrogens with one attached hydrogen (secondary N) is 1. The number of benzene rings is 1. The first-order valence-corrected chi connectivity index (χ1v) is 12.1. The number of carbonyl (C=O) groups excluding carboxylic acids is 1. The first-order chi connectivity index (χ1) is 14.9. The lowest BCUT2D eigenvalue weighted by molar-refractivity contribution is 0.101. The number of carbonyl (C=O) groups is 1. The predicted octanol–water partition coefficient (Wildman–Crippen LogP) is 2.57. The second kappa shape index (κ2) is 7.52. The van der Waals surface area contributed by atoms with E-state index < -0.39 is 15.7 Å². The number of hydrogen-bond donors (Lipinski definition) is 1. The second-order valence-corrected chi connectivity index (χ2v) is 10.2. The Labute approximate surface area is 179 Å². The van der Waals surface area contributed by atoms with E-state index in [0.717, 1.165) is 24.2 Å². The van der Waals surface area contributed by atoms with Crippen LogP contribution < -0.4 is 10.1 Å². The van der Waals surface area contributed by atoms with Crippen LogP contribution >= 0.6 is 0 Å². The van der Waals surface area contributed by atoms with Crippen molar-refractivity contribution in [2.75, 3.05) is 23.9 Å². The smallest absolute Gasteiger partial charge is 0.281 e. The van der Waals surface area contributed by atoms with Crippen LogP contribution in [0.3, 0.4) is 0 Å². The van der Waals surface area contributed by atoms with Crippen LogP contribution in [0.15, 0.2) is 42.6 Å². The predicted molar refractivity (Wildman–Crippen MR) is 115 cm³/mol. The fourth-order valence-corrected chi connectivity index (χ4v) is 5.58. The highest BCUT2D eigenvalue weighted by Gasteiger charge is 2.34. The molecule has 1 saturated heterocycles. The van der Waals surface area contributed by atoms with E-state index in [1.54, 1.807) is 15.6 Å². The molecule has 1 unspecified atom stereocenters. The molecule has 5 rings (SSSR count). The minimum Gasteiger partial charge on any atom is -0.493 e.